The Morgan fingerprint density at radius 3 is 3.06 bits per heavy atom. The molecule has 0 saturated carbocycles. The number of thiazole rings is 1. The second kappa shape index (κ2) is 5.72. The molecule has 2 nitrogen and oxygen atoms in total. The van der Waals surface area contributed by atoms with Gasteiger partial charge in [0.2, 0.25) is 0 Å². The van der Waals surface area contributed by atoms with E-state index in [0.717, 1.165) is 28.3 Å². The Kier molecular flexibility index (Phi) is 4.29. The van der Waals surface area contributed by atoms with Crippen LogP contribution in [0.25, 0.3) is 9.88 Å². The van der Waals surface area contributed by atoms with Crippen LogP contribution in [0.15, 0.2) is 34.0 Å². The summed E-state index contributed by atoms with van der Waals surface area (Å²) in [6.07, 6.45) is 0. The molecular formula is C11H11BrN2S2. The summed E-state index contributed by atoms with van der Waals surface area (Å²) < 4.78 is 0.959. The predicted octanol–water partition coefficient (Wildman–Crippen LogP) is 3.87. The van der Waals surface area contributed by atoms with Gasteiger partial charge in [0.25, 0.3) is 0 Å². The van der Waals surface area contributed by atoms with Crippen molar-refractivity contribution in [3.05, 3.63) is 39.6 Å². The summed E-state index contributed by atoms with van der Waals surface area (Å²) in [4.78, 5) is 5.81. The van der Waals surface area contributed by atoms with E-state index in [1.165, 1.54) is 4.88 Å². The summed E-state index contributed by atoms with van der Waals surface area (Å²) in [6, 6.07) is 4.15. The minimum absolute atomic E-state index is 0.770. The Balaban J connectivity index is 1.95. The highest BCUT2D eigenvalue weighted by Gasteiger charge is 2.04. The molecule has 84 valence electrons. The third-order valence-electron chi connectivity index (χ3n) is 1.91. The fraction of sp³-hybridized carbons (Fsp3) is 0.182. The molecular weight excluding hydrogens is 304 g/mol. The smallest absolute Gasteiger partial charge is 0.133 e. The standard InChI is InChI=1S/C11H11BrN2S2/c1-8(12)5-13-6-9-7-16-11(14-9)10-3-2-4-15-10/h2-4,7,13H,1,5-6H2. The molecule has 0 bridgehead atoms. The van der Waals surface area contributed by atoms with Gasteiger partial charge in [-0.2, -0.15) is 0 Å². The summed E-state index contributed by atoms with van der Waals surface area (Å²) in [7, 11) is 0. The Bertz CT molecular complexity index is 462. The van der Waals surface area contributed by atoms with Gasteiger partial charge in [-0.1, -0.05) is 28.6 Å². The first-order valence-corrected chi connectivity index (χ1v) is 7.33. The number of aromatic nitrogens is 1. The topological polar surface area (TPSA) is 24.9 Å². The maximum absolute atomic E-state index is 4.57. The highest BCUT2D eigenvalue weighted by Crippen LogP contribution is 2.27. The summed E-state index contributed by atoms with van der Waals surface area (Å²) >= 11 is 6.73. The predicted molar refractivity (Wildman–Crippen MR) is 75.2 cm³/mol. The van der Waals surface area contributed by atoms with Crippen molar-refractivity contribution in [3.8, 4) is 9.88 Å². The molecule has 0 saturated heterocycles. The molecule has 5 heteroatoms. The number of halogens is 1. The highest BCUT2D eigenvalue weighted by atomic mass is 79.9. The van der Waals surface area contributed by atoms with E-state index in [4.69, 9.17) is 0 Å². The van der Waals surface area contributed by atoms with Gasteiger partial charge in [-0.3, -0.25) is 0 Å². The van der Waals surface area contributed by atoms with Gasteiger partial charge in [-0.05, 0) is 11.4 Å². The van der Waals surface area contributed by atoms with Gasteiger partial charge in [0.05, 0.1) is 10.6 Å². The van der Waals surface area contributed by atoms with Gasteiger partial charge in [-0.15, -0.1) is 22.7 Å². The highest BCUT2D eigenvalue weighted by molar-refractivity contribution is 9.11. The lowest BCUT2D eigenvalue weighted by molar-refractivity contribution is 0.743. The van der Waals surface area contributed by atoms with Crippen LogP contribution in [0.3, 0.4) is 0 Å². The quantitative estimate of drug-likeness (QED) is 0.906. The molecule has 0 fully saturated rings. The monoisotopic (exact) mass is 314 g/mol. The van der Waals surface area contributed by atoms with E-state index in [2.05, 4.69) is 49.6 Å². The van der Waals surface area contributed by atoms with Crippen molar-refractivity contribution in [1.29, 1.82) is 0 Å². The number of rotatable bonds is 5. The average Bonchev–Trinajstić information content (AvgIpc) is 2.85. The van der Waals surface area contributed by atoms with E-state index in [-0.39, 0.29) is 0 Å². The molecule has 16 heavy (non-hydrogen) atoms. The fourth-order valence-electron chi connectivity index (χ4n) is 1.23. The van der Waals surface area contributed by atoms with Gasteiger partial charge in [0.15, 0.2) is 0 Å². The summed E-state index contributed by atoms with van der Waals surface area (Å²) in [5.41, 5.74) is 1.09. The van der Waals surface area contributed by atoms with Crippen LogP contribution in [-0.2, 0) is 6.54 Å². The van der Waals surface area contributed by atoms with Crippen molar-refractivity contribution in [2.24, 2.45) is 0 Å². The molecule has 0 spiro atoms. The SMILES string of the molecule is C=C(Br)CNCc1csc(-c2cccs2)n1. The van der Waals surface area contributed by atoms with Gasteiger partial charge in [0.1, 0.15) is 5.01 Å². The van der Waals surface area contributed by atoms with Crippen LogP contribution in [0, 0.1) is 0 Å². The van der Waals surface area contributed by atoms with Crippen LogP contribution in [-0.4, -0.2) is 11.5 Å². The van der Waals surface area contributed by atoms with Gasteiger partial charge < -0.3 is 5.32 Å². The second-order valence-electron chi connectivity index (χ2n) is 3.24. The number of thiophene rings is 1. The van der Waals surface area contributed by atoms with Crippen LogP contribution in [0.2, 0.25) is 0 Å². The molecule has 0 aromatic carbocycles. The molecule has 2 rings (SSSR count). The van der Waals surface area contributed by atoms with Crippen molar-refractivity contribution in [3.63, 3.8) is 0 Å². The second-order valence-corrected chi connectivity index (χ2v) is 6.17. The normalized spacial score (nSPS) is 10.6. The third-order valence-corrected chi connectivity index (χ3v) is 4.12. The van der Waals surface area contributed by atoms with E-state index >= 15 is 0 Å². The Labute approximate surface area is 111 Å². The molecule has 1 N–H and O–H groups in total. The minimum Gasteiger partial charge on any atom is -0.307 e. The van der Waals surface area contributed by atoms with Crippen LogP contribution in [0.4, 0.5) is 0 Å². The van der Waals surface area contributed by atoms with Crippen molar-refractivity contribution in [2.75, 3.05) is 6.54 Å². The molecule has 0 atom stereocenters. The third kappa shape index (κ3) is 3.25. The first-order valence-electron chi connectivity index (χ1n) is 4.78. The Morgan fingerprint density at radius 1 is 1.50 bits per heavy atom. The molecule has 0 radical (unpaired) electrons. The molecule has 0 aliphatic rings. The molecule has 2 aromatic rings. The molecule has 0 aliphatic carbocycles. The number of nitrogens with one attached hydrogen (secondary N) is 1. The number of nitrogens with zero attached hydrogens (tertiary/aromatic N) is 1. The van der Waals surface area contributed by atoms with Gasteiger partial charge >= 0.3 is 0 Å². The van der Waals surface area contributed by atoms with Crippen LogP contribution >= 0.6 is 38.6 Å². The lowest BCUT2D eigenvalue weighted by atomic mass is 10.4. The molecule has 2 heterocycles. The maximum atomic E-state index is 4.57. The Morgan fingerprint density at radius 2 is 2.38 bits per heavy atom. The lowest BCUT2D eigenvalue weighted by Crippen LogP contribution is -2.14. The molecule has 0 amide bonds. The van der Waals surface area contributed by atoms with E-state index in [0.29, 0.717) is 0 Å². The van der Waals surface area contributed by atoms with Crippen LogP contribution in [0.1, 0.15) is 5.69 Å². The van der Waals surface area contributed by atoms with E-state index < -0.39 is 0 Å². The van der Waals surface area contributed by atoms with Crippen molar-refractivity contribution < 1.29 is 0 Å². The van der Waals surface area contributed by atoms with Crippen LogP contribution < -0.4 is 5.32 Å². The Hall–Kier alpha value is -0.490. The van der Waals surface area contributed by atoms with Crippen LogP contribution in [0.5, 0.6) is 0 Å². The molecule has 2 aromatic heterocycles. The van der Waals surface area contributed by atoms with Gasteiger partial charge in [-0.25, -0.2) is 4.98 Å². The van der Waals surface area contributed by atoms with E-state index in [1.54, 1.807) is 22.7 Å². The average molecular weight is 315 g/mol. The van der Waals surface area contributed by atoms with Gasteiger partial charge in [0, 0.05) is 23.0 Å². The van der Waals surface area contributed by atoms with E-state index in [1.807, 2.05) is 6.07 Å². The fourth-order valence-corrected chi connectivity index (χ4v) is 3.06. The number of hydrogen-bond acceptors (Lipinski definition) is 4. The lowest BCUT2D eigenvalue weighted by Gasteiger charge is -1.99. The zero-order chi connectivity index (χ0) is 11.4. The van der Waals surface area contributed by atoms with Crippen molar-refractivity contribution in [1.82, 2.24) is 10.3 Å². The summed E-state index contributed by atoms with van der Waals surface area (Å²) in [5.74, 6) is 0. The summed E-state index contributed by atoms with van der Waals surface area (Å²) in [5, 5.41) is 8.53. The van der Waals surface area contributed by atoms with E-state index in [9.17, 15) is 0 Å². The molecule has 0 aliphatic heterocycles. The summed E-state index contributed by atoms with van der Waals surface area (Å²) in [6.45, 7) is 5.32. The number of hydrogen-bond donors (Lipinski definition) is 1. The maximum Gasteiger partial charge on any atom is 0.133 e. The zero-order valence-corrected chi connectivity index (χ0v) is 11.8. The largest absolute Gasteiger partial charge is 0.307 e. The first kappa shape index (κ1) is 12.0. The van der Waals surface area contributed by atoms with Crippen molar-refractivity contribution >= 4 is 38.6 Å². The zero-order valence-electron chi connectivity index (χ0n) is 8.57. The molecule has 0 unspecified atom stereocenters. The first-order chi connectivity index (χ1) is 7.75. The minimum atomic E-state index is 0.770. The van der Waals surface area contributed by atoms with Crippen molar-refractivity contribution in [2.45, 2.75) is 6.54 Å².